The highest BCUT2D eigenvalue weighted by molar-refractivity contribution is 6.19. The minimum atomic E-state index is -4.50. The summed E-state index contributed by atoms with van der Waals surface area (Å²) in [4.78, 5) is 44.8. The number of carbonyl (C=O) groups is 3. The summed E-state index contributed by atoms with van der Waals surface area (Å²) in [5, 5.41) is 2.72. The van der Waals surface area contributed by atoms with Crippen molar-refractivity contribution in [2.75, 3.05) is 13.1 Å². The quantitative estimate of drug-likeness (QED) is 0.419. The lowest BCUT2D eigenvalue weighted by Gasteiger charge is -2.28. The van der Waals surface area contributed by atoms with E-state index in [0.717, 1.165) is 25.1 Å². The van der Waals surface area contributed by atoms with Gasteiger partial charge in [0.25, 0.3) is 11.8 Å². The monoisotopic (exact) mass is 475 g/mol. The summed E-state index contributed by atoms with van der Waals surface area (Å²) in [7, 11) is 0. The van der Waals surface area contributed by atoms with Crippen LogP contribution in [0.5, 0.6) is 0 Å². The maximum Gasteiger partial charge on any atom is 0.417 e. The van der Waals surface area contributed by atoms with Gasteiger partial charge in [0.05, 0.1) is 17.8 Å². The Morgan fingerprint density at radius 2 is 2.00 bits per heavy atom. The van der Waals surface area contributed by atoms with Crippen LogP contribution in [-0.2, 0) is 20.6 Å². The van der Waals surface area contributed by atoms with Gasteiger partial charge in [-0.15, -0.1) is 0 Å². The van der Waals surface area contributed by atoms with Gasteiger partial charge < -0.3 is 4.90 Å². The Kier molecular flexibility index (Phi) is 5.39. The number of rotatable bonds is 5. The van der Waals surface area contributed by atoms with E-state index in [1.807, 2.05) is 0 Å². The van der Waals surface area contributed by atoms with E-state index in [-0.39, 0.29) is 35.9 Å². The fourth-order valence-electron chi connectivity index (χ4n) is 4.31. The lowest BCUT2D eigenvalue weighted by atomic mass is 10.0. The van der Waals surface area contributed by atoms with Gasteiger partial charge in [-0.2, -0.15) is 18.6 Å². The predicted octanol–water partition coefficient (Wildman–Crippen LogP) is 0.362. The van der Waals surface area contributed by atoms with Gasteiger partial charge in [-0.1, -0.05) is 0 Å². The average Bonchev–Trinajstić information content (AvgIpc) is 3.60. The highest BCUT2D eigenvalue weighted by Gasteiger charge is 2.48. The topological polar surface area (TPSA) is 111 Å². The number of imide groups is 1. The first kappa shape index (κ1) is 22.1. The molecule has 1 aromatic rings. The number of nitrogens with zero attached hydrogens (tertiary/aromatic N) is 3. The molecular formula is C22H22F3N6O3+. The third kappa shape index (κ3) is 4.16. The number of nitrogens with one attached hydrogen (secondary N) is 2. The number of aromatic nitrogens is 1. The SMILES string of the molecule is O=C(CN1CCCC2=C1C(=O)N(C1CC1)C2=O)NC1=CC=C(c2cncc(C(F)(F)F)c2)N[NH2+]1. The van der Waals surface area contributed by atoms with E-state index in [1.54, 1.807) is 17.1 Å². The highest BCUT2D eigenvalue weighted by atomic mass is 19.4. The van der Waals surface area contributed by atoms with Crippen molar-refractivity contribution in [1.82, 2.24) is 25.5 Å². The van der Waals surface area contributed by atoms with Crippen LogP contribution in [0.25, 0.3) is 5.70 Å². The van der Waals surface area contributed by atoms with Gasteiger partial charge in [0.15, 0.2) is 0 Å². The van der Waals surface area contributed by atoms with Crippen LogP contribution in [0.2, 0.25) is 0 Å². The minimum absolute atomic E-state index is 0.0256. The van der Waals surface area contributed by atoms with E-state index in [1.165, 1.54) is 16.5 Å². The summed E-state index contributed by atoms with van der Waals surface area (Å²) in [6, 6.07) is 0.964. The summed E-state index contributed by atoms with van der Waals surface area (Å²) in [6.45, 7) is 0.410. The van der Waals surface area contributed by atoms with Crippen LogP contribution in [0.15, 0.2) is 47.7 Å². The number of hydrogen-bond acceptors (Lipinski definition) is 6. The van der Waals surface area contributed by atoms with Crippen molar-refractivity contribution in [2.24, 2.45) is 0 Å². The Morgan fingerprint density at radius 3 is 2.68 bits per heavy atom. The molecule has 4 heterocycles. The normalized spacial score (nSPS) is 20.7. The standard InChI is InChI=1S/C22H21F3N6O3/c23-22(24,25)13-8-12(9-26-10-13)16-5-6-17(29-28-16)27-18(32)11-30-7-1-2-15-19(30)21(34)31(20(15)33)14-3-4-14/h5-6,8-10,14,28-29H,1-4,7,11H2,(H,27,32)/p+1. The molecular weight excluding hydrogens is 453 g/mol. The first-order chi connectivity index (χ1) is 16.2. The summed E-state index contributed by atoms with van der Waals surface area (Å²) in [5.41, 5.74) is 4.95. The number of pyridine rings is 1. The zero-order chi connectivity index (χ0) is 24.0. The molecule has 1 saturated carbocycles. The molecule has 0 saturated heterocycles. The van der Waals surface area contributed by atoms with E-state index < -0.39 is 11.7 Å². The van der Waals surface area contributed by atoms with Gasteiger partial charge in [-0.3, -0.25) is 29.6 Å². The molecule has 3 amide bonds. The number of halogens is 3. The molecule has 4 N–H and O–H groups in total. The van der Waals surface area contributed by atoms with Crippen LogP contribution < -0.4 is 16.2 Å². The van der Waals surface area contributed by atoms with E-state index >= 15 is 0 Å². The first-order valence-corrected chi connectivity index (χ1v) is 10.9. The summed E-state index contributed by atoms with van der Waals surface area (Å²) < 4.78 is 38.8. The van der Waals surface area contributed by atoms with E-state index in [9.17, 15) is 27.6 Å². The molecule has 9 nitrogen and oxygen atoms in total. The number of carbonyl (C=O) groups excluding carboxylic acids is 3. The molecule has 3 aliphatic heterocycles. The van der Waals surface area contributed by atoms with Crippen LogP contribution in [0, 0.1) is 0 Å². The van der Waals surface area contributed by atoms with E-state index in [4.69, 9.17) is 0 Å². The molecule has 0 unspecified atom stereocenters. The summed E-state index contributed by atoms with van der Waals surface area (Å²) in [5.74, 6) is -0.515. The van der Waals surface area contributed by atoms with Crippen molar-refractivity contribution in [3.8, 4) is 0 Å². The van der Waals surface area contributed by atoms with Crippen LogP contribution >= 0.6 is 0 Å². The van der Waals surface area contributed by atoms with Gasteiger partial charge in [0.2, 0.25) is 11.7 Å². The van der Waals surface area contributed by atoms with Gasteiger partial charge in [-0.25, -0.2) is 5.43 Å². The fraction of sp³-hybridized carbons (Fsp3) is 0.364. The summed E-state index contributed by atoms with van der Waals surface area (Å²) in [6.07, 6.45) is 3.52. The molecule has 0 atom stereocenters. The second-order valence-corrected chi connectivity index (χ2v) is 8.56. The van der Waals surface area contributed by atoms with Crippen LogP contribution in [0.1, 0.15) is 36.8 Å². The maximum absolute atomic E-state index is 12.9. The largest absolute Gasteiger partial charge is 0.417 e. The Morgan fingerprint density at radius 1 is 1.21 bits per heavy atom. The van der Waals surface area contributed by atoms with E-state index in [0.29, 0.717) is 42.2 Å². The second-order valence-electron chi connectivity index (χ2n) is 8.56. The van der Waals surface area contributed by atoms with Crippen LogP contribution in [-0.4, -0.2) is 51.6 Å². The van der Waals surface area contributed by atoms with Crippen molar-refractivity contribution >= 4 is 23.4 Å². The molecule has 178 valence electrons. The number of alkyl halides is 3. The molecule has 1 fully saturated rings. The molecule has 0 aromatic carbocycles. The first-order valence-electron chi connectivity index (χ1n) is 10.9. The molecule has 34 heavy (non-hydrogen) atoms. The number of allylic oxidation sites excluding steroid dienone is 2. The molecule has 12 heteroatoms. The van der Waals surface area contributed by atoms with Gasteiger partial charge in [0, 0.05) is 42.2 Å². The molecule has 4 aliphatic rings. The average molecular weight is 475 g/mol. The van der Waals surface area contributed by atoms with E-state index in [2.05, 4.69) is 15.7 Å². The highest BCUT2D eigenvalue weighted by Crippen LogP contribution is 2.38. The number of quaternary nitrogens is 1. The van der Waals surface area contributed by atoms with Crippen LogP contribution in [0.3, 0.4) is 0 Å². The van der Waals surface area contributed by atoms with Crippen LogP contribution in [0.4, 0.5) is 13.2 Å². The Bertz CT molecular complexity index is 1170. The van der Waals surface area contributed by atoms with Crippen molar-refractivity contribution in [3.05, 3.63) is 58.8 Å². The van der Waals surface area contributed by atoms with Crippen molar-refractivity contribution in [1.29, 1.82) is 0 Å². The smallest absolute Gasteiger partial charge is 0.357 e. The van der Waals surface area contributed by atoms with Gasteiger partial charge >= 0.3 is 6.18 Å². The zero-order valence-corrected chi connectivity index (χ0v) is 18.0. The molecule has 1 aliphatic carbocycles. The number of nitrogens with two attached hydrogens (primary N) is 1. The lowest BCUT2D eigenvalue weighted by Crippen LogP contribution is -2.93. The fourth-order valence-corrected chi connectivity index (χ4v) is 4.31. The molecule has 1 aromatic heterocycles. The zero-order valence-electron chi connectivity index (χ0n) is 18.0. The Labute approximate surface area is 192 Å². The lowest BCUT2D eigenvalue weighted by molar-refractivity contribution is -0.657. The third-order valence-electron chi connectivity index (χ3n) is 6.07. The van der Waals surface area contributed by atoms with Gasteiger partial charge in [-0.05, 0) is 37.8 Å². The second kappa shape index (κ2) is 8.28. The number of hydrogen-bond donors (Lipinski definition) is 3. The molecule has 0 spiro atoms. The Balaban J connectivity index is 1.24. The van der Waals surface area contributed by atoms with Gasteiger partial charge in [0.1, 0.15) is 5.70 Å². The Hall–Kier alpha value is -3.67. The maximum atomic E-state index is 12.9. The summed E-state index contributed by atoms with van der Waals surface area (Å²) >= 11 is 0. The third-order valence-corrected chi connectivity index (χ3v) is 6.07. The number of amides is 3. The molecule has 0 radical (unpaired) electrons. The van der Waals surface area contributed by atoms with Crippen molar-refractivity contribution in [2.45, 2.75) is 37.9 Å². The predicted molar refractivity (Wildman–Crippen MR) is 111 cm³/mol. The van der Waals surface area contributed by atoms with Crippen molar-refractivity contribution in [3.63, 3.8) is 0 Å². The minimum Gasteiger partial charge on any atom is -0.357 e. The molecule has 5 rings (SSSR count). The molecule has 0 bridgehead atoms. The van der Waals surface area contributed by atoms with Crippen molar-refractivity contribution < 1.29 is 33.0 Å².